The lowest BCUT2D eigenvalue weighted by atomic mass is 10.2. The molecule has 1 aromatic heterocycles. The van der Waals surface area contributed by atoms with Crippen LogP contribution in [0.1, 0.15) is 18.9 Å². The van der Waals surface area contributed by atoms with Crippen molar-refractivity contribution in [2.45, 2.75) is 13.3 Å². The number of carbonyl (C=O) groups is 1. The molecule has 0 aliphatic carbocycles. The Balaban J connectivity index is 2.44. The smallest absolute Gasteiger partial charge is 0.236 e. The first kappa shape index (κ1) is 12.7. The van der Waals surface area contributed by atoms with Gasteiger partial charge < -0.3 is 5.73 Å². The molecule has 1 rings (SSSR count). The van der Waals surface area contributed by atoms with Gasteiger partial charge in [-0.15, -0.1) is 0 Å². The minimum Gasteiger partial charge on any atom is -0.395 e. The van der Waals surface area contributed by atoms with E-state index in [0.717, 1.165) is 17.7 Å². The van der Waals surface area contributed by atoms with E-state index in [1.165, 1.54) is 24.0 Å². The van der Waals surface area contributed by atoms with Gasteiger partial charge in [0.2, 0.25) is 5.95 Å². The molecule has 86 valence electrons. The molecule has 1 aromatic rings. The molecular formula is C11H13FN2OS. The number of allylic oxidation sites excluding steroid dienone is 1. The van der Waals surface area contributed by atoms with E-state index in [1.807, 2.05) is 12.2 Å². The first-order valence-electron chi connectivity index (χ1n) is 4.80. The minimum absolute atomic E-state index is 0.0419. The fourth-order valence-corrected chi connectivity index (χ4v) is 1.60. The molecule has 0 radical (unpaired) electrons. The van der Waals surface area contributed by atoms with Crippen LogP contribution in [0, 0.1) is 5.95 Å². The molecule has 0 aliphatic heterocycles. The van der Waals surface area contributed by atoms with Crippen molar-refractivity contribution in [3.63, 3.8) is 0 Å². The molecule has 0 saturated carbocycles. The zero-order chi connectivity index (χ0) is 12.0. The van der Waals surface area contributed by atoms with E-state index >= 15 is 0 Å². The van der Waals surface area contributed by atoms with Gasteiger partial charge in [0, 0.05) is 18.9 Å². The summed E-state index contributed by atoms with van der Waals surface area (Å²) >= 11 is 1.28. The van der Waals surface area contributed by atoms with E-state index in [-0.39, 0.29) is 10.8 Å². The molecule has 16 heavy (non-hydrogen) atoms. The molecule has 0 aliphatic rings. The van der Waals surface area contributed by atoms with Crippen LogP contribution in [0.3, 0.4) is 0 Å². The number of thioether (sulfide) groups is 1. The average Bonchev–Trinajstić information content (AvgIpc) is 2.22. The van der Waals surface area contributed by atoms with Gasteiger partial charge in [-0.1, -0.05) is 23.9 Å². The Bertz CT molecular complexity index is 407. The predicted octanol–water partition coefficient (Wildman–Crippen LogP) is 2.49. The van der Waals surface area contributed by atoms with Gasteiger partial charge in [0.25, 0.3) is 0 Å². The molecule has 0 amide bonds. The Morgan fingerprint density at radius 1 is 1.69 bits per heavy atom. The highest BCUT2D eigenvalue weighted by atomic mass is 32.2. The summed E-state index contributed by atoms with van der Waals surface area (Å²) in [6.45, 7) is 1.54. The number of rotatable bonds is 4. The largest absolute Gasteiger partial charge is 0.395 e. The summed E-state index contributed by atoms with van der Waals surface area (Å²) in [7, 11) is 0. The summed E-state index contributed by atoms with van der Waals surface area (Å²) in [6.07, 6.45) is 5.91. The third kappa shape index (κ3) is 4.44. The number of hydrogen-bond acceptors (Lipinski definition) is 4. The van der Waals surface area contributed by atoms with Crippen molar-refractivity contribution in [2.24, 2.45) is 0 Å². The maximum Gasteiger partial charge on any atom is 0.236 e. The predicted molar refractivity (Wildman–Crippen MR) is 65.4 cm³/mol. The van der Waals surface area contributed by atoms with Gasteiger partial charge in [-0.25, -0.2) is 4.98 Å². The van der Waals surface area contributed by atoms with E-state index in [0.29, 0.717) is 0 Å². The van der Waals surface area contributed by atoms with Crippen LogP contribution < -0.4 is 5.73 Å². The van der Waals surface area contributed by atoms with Gasteiger partial charge in [0.15, 0.2) is 5.12 Å². The second kappa shape index (κ2) is 6.27. The van der Waals surface area contributed by atoms with Crippen molar-refractivity contribution in [3.8, 4) is 0 Å². The molecule has 0 unspecified atom stereocenters. The molecule has 0 spiro atoms. The highest BCUT2D eigenvalue weighted by Crippen LogP contribution is 2.11. The average molecular weight is 240 g/mol. The summed E-state index contributed by atoms with van der Waals surface area (Å²) in [5.74, 6) is 0.0972. The van der Waals surface area contributed by atoms with Crippen molar-refractivity contribution in [3.05, 3.63) is 29.9 Å². The SMILES string of the molecule is CC(=O)SCCC=Cc1cnc(F)c(N)c1. The fraction of sp³-hybridized carbons (Fsp3) is 0.273. The number of hydrogen-bond donors (Lipinski definition) is 1. The van der Waals surface area contributed by atoms with Crippen LogP contribution in [-0.2, 0) is 4.79 Å². The molecule has 0 fully saturated rings. The number of halogens is 1. The summed E-state index contributed by atoms with van der Waals surface area (Å²) in [4.78, 5) is 14.1. The zero-order valence-electron chi connectivity index (χ0n) is 8.94. The Morgan fingerprint density at radius 2 is 2.44 bits per heavy atom. The molecule has 0 atom stereocenters. The third-order valence-electron chi connectivity index (χ3n) is 1.79. The number of nitrogens with two attached hydrogens (primary N) is 1. The first-order valence-corrected chi connectivity index (χ1v) is 5.79. The topological polar surface area (TPSA) is 56.0 Å². The minimum atomic E-state index is -0.649. The molecule has 5 heteroatoms. The molecule has 0 aromatic carbocycles. The maximum atomic E-state index is 12.7. The van der Waals surface area contributed by atoms with Crippen LogP contribution in [0.4, 0.5) is 10.1 Å². The standard InChI is InChI=1S/C11H13FN2OS/c1-8(15)16-5-3-2-4-9-6-10(13)11(12)14-7-9/h2,4,6-7H,3,5,13H2,1H3. The monoisotopic (exact) mass is 240 g/mol. The van der Waals surface area contributed by atoms with Gasteiger partial charge >= 0.3 is 0 Å². The maximum absolute atomic E-state index is 12.7. The van der Waals surface area contributed by atoms with Crippen molar-refractivity contribution in [2.75, 3.05) is 11.5 Å². The number of nitrogens with zero attached hydrogens (tertiary/aromatic N) is 1. The molecule has 3 nitrogen and oxygen atoms in total. The van der Waals surface area contributed by atoms with E-state index in [2.05, 4.69) is 4.98 Å². The lowest BCUT2D eigenvalue weighted by Gasteiger charge is -1.97. The van der Waals surface area contributed by atoms with Gasteiger partial charge in [0.05, 0.1) is 5.69 Å². The number of nitrogen functional groups attached to an aromatic ring is 1. The van der Waals surface area contributed by atoms with Crippen LogP contribution in [0.5, 0.6) is 0 Å². The van der Waals surface area contributed by atoms with Crippen LogP contribution in [0.2, 0.25) is 0 Å². The quantitative estimate of drug-likeness (QED) is 0.649. The van der Waals surface area contributed by atoms with E-state index < -0.39 is 5.95 Å². The van der Waals surface area contributed by atoms with Gasteiger partial charge in [-0.2, -0.15) is 4.39 Å². The Kier molecular flexibility index (Phi) is 4.98. The van der Waals surface area contributed by atoms with Crippen LogP contribution in [0.15, 0.2) is 18.3 Å². The van der Waals surface area contributed by atoms with Crippen LogP contribution in [0.25, 0.3) is 6.08 Å². The number of pyridine rings is 1. The van der Waals surface area contributed by atoms with Gasteiger partial charge in [0.1, 0.15) is 0 Å². The lowest BCUT2D eigenvalue weighted by molar-refractivity contribution is -0.109. The van der Waals surface area contributed by atoms with Crippen molar-refractivity contribution in [1.82, 2.24) is 4.98 Å². The number of aromatic nitrogens is 1. The number of anilines is 1. The van der Waals surface area contributed by atoms with E-state index in [9.17, 15) is 9.18 Å². The van der Waals surface area contributed by atoms with Crippen LogP contribution >= 0.6 is 11.8 Å². The van der Waals surface area contributed by atoms with Crippen molar-refractivity contribution in [1.29, 1.82) is 0 Å². The van der Waals surface area contributed by atoms with Crippen molar-refractivity contribution >= 4 is 28.6 Å². The Hall–Kier alpha value is -1.36. The second-order valence-corrected chi connectivity index (χ2v) is 4.45. The van der Waals surface area contributed by atoms with Crippen LogP contribution in [-0.4, -0.2) is 15.9 Å². The van der Waals surface area contributed by atoms with E-state index in [1.54, 1.807) is 6.92 Å². The lowest BCUT2D eigenvalue weighted by Crippen LogP contribution is -1.93. The number of carbonyl (C=O) groups excluding carboxylic acids is 1. The fourth-order valence-electron chi connectivity index (χ4n) is 1.06. The Labute approximate surface area is 97.9 Å². The molecular weight excluding hydrogens is 227 g/mol. The Morgan fingerprint density at radius 3 is 3.06 bits per heavy atom. The molecule has 0 saturated heterocycles. The first-order chi connectivity index (χ1) is 7.59. The van der Waals surface area contributed by atoms with E-state index in [4.69, 9.17) is 5.73 Å². The normalized spacial score (nSPS) is 10.9. The van der Waals surface area contributed by atoms with Gasteiger partial charge in [-0.3, -0.25) is 4.79 Å². The van der Waals surface area contributed by atoms with Gasteiger partial charge in [-0.05, 0) is 18.1 Å². The molecule has 0 bridgehead atoms. The zero-order valence-corrected chi connectivity index (χ0v) is 9.76. The summed E-state index contributed by atoms with van der Waals surface area (Å²) < 4.78 is 12.7. The van der Waals surface area contributed by atoms with Crippen molar-refractivity contribution < 1.29 is 9.18 Å². The highest BCUT2D eigenvalue weighted by molar-refractivity contribution is 8.13. The summed E-state index contributed by atoms with van der Waals surface area (Å²) in [5.41, 5.74) is 6.17. The molecule has 1 heterocycles. The summed E-state index contributed by atoms with van der Waals surface area (Å²) in [5, 5.41) is 0.112. The molecule has 2 N–H and O–H groups in total. The second-order valence-electron chi connectivity index (χ2n) is 3.18. The highest BCUT2D eigenvalue weighted by Gasteiger charge is 1.98. The summed E-state index contributed by atoms with van der Waals surface area (Å²) in [6, 6.07) is 1.52. The third-order valence-corrected chi connectivity index (χ3v) is 2.63.